The summed E-state index contributed by atoms with van der Waals surface area (Å²) in [5, 5.41) is 9.20. The van der Waals surface area contributed by atoms with Gasteiger partial charge in [0.15, 0.2) is 0 Å². The molecule has 19 heavy (non-hydrogen) atoms. The van der Waals surface area contributed by atoms with E-state index < -0.39 is 11.9 Å². The highest BCUT2D eigenvalue weighted by Gasteiger charge is 2.40. The molecule has 0 radical (unpaired) electrons. The molecule has 1 saturated heterocycles. The normalized spacial score (nSPS) is 30.9. The molecule has 4 heteroatoms. The van der Waals surface area contributed by atoms with Crippen molar-refractivity contribution in [2.75, 3.05) is 13.1 Å². The van der Waals surface area contributed by atoms with Crippen LogP contribution in [-0.4, -0.2) is 35.0 Å². The van der Waals surface area contributed by atoms with E-state index >= 15 is 0 Å². The maximum absolute atomic E-state index is 12.5. The highest BCUT2D eigenvalue weighted by Crippen LogP contribution is 2.35. The molecule has 4 nitrogen and oxygen atoms in total. The second kappa shape index (κ2) is 5.51. The average molecular weight is 267 g/mol. The Bertz CT molecular complexity index is 364. The number of rotatable bonds is 2. The largest absolute Gasteiger partial charge is 0.481 e. The van der Waals surface area contributed by atoms with Crippen LogP contribution >= 0.6 is 0 Å². The summed E-state index contributed by atoms with van der Waals surface area (Å²) < 4.78 is 0. The van der Waals surface area contributed by atoms with E-state index in [-0.39, 0.29) is 11.8 Å². The van der Waals surface area contributed by atoms with Crippen molar-refractivity contribution >= 4 is 11.9 Å². The fourth-order valence-corrected chi connectivity index (χ4v) is 3.43. The topological polar surface area (TPSA) is 57.6 Å². The highest BCUT2D eigenvalue weighted by atomic mass is 16.4. The van der Waals surface area contributed by atoms with Crippen LogP contribution in [0.15, 0.2) is 0 Å². The van der Waals surface area contributed by atoms with Crippen molar-refractivity contribution in [2.45, 2.75) is 52.4 Å². The Labute approximate surface area is 115 Å². The first-order valence-electron chi connectivity index (χ1n) is 7.42. The third-order valence-corrected chi connectivity index (χ3v) is 4.80. The molecule has 1 saturated carbocycles. The van der Waals surface area contributed by atoms with Crippen LogP contribution in [0.5, 0.6) is 0 Å². The molecule has 1 amide bonds. The van der Waals surface area contributed by atoms with Crippen molar-refractivity contribution in [3.8, 4) is 0 Å². The van der Waals surface area contributed by atoms with E-state index in [0.29, 0.717) is 11.8 Å². The predicted molar refractivity (Wildman–Crippen MR) is 72.7 cm³/mol. The average Bonchev–Trinajstić information content (AvgIpc) is 2.74. The number of aliphatic carboxylic acids is 1. The van der Waals surface area contributed by atoms with Crippen molar-refractivity contribution in [3.05, 3.63) is 0 Å². The van der Waals surface area contributed by atoms with Gasteiger partial charge >= 0.3 is 5.97 Å². The van der Waals surface area contributed by atoms with Crippen LogP contribution in [0.25, 0.3) is 0 Å². The van der Waals surface area contributed by atoms with Gasteiger partial charge in [0, 0.05) is 13.1 Å². The summed E-state index contributed by atoms with van der Waals surface area (Å²) in [7, 11) is 0. The number of hydrogen-bond acceptors (Lipinski definition) is 2. The zero-order valence-corrected chi connectivity index (χ0v) is 12.0. The fourth-order valence-electron chi connectivity index (χ4n) is 3.43. The molecule has 2 atom stereocenters. The number of carbonyl (C=O) groups excluding carboxylic acids is 1. The summed E-state index contributed by atoms with van der Waals surface area (Å²) in [4.78, 5) is 25.7. The zero-order chi connectivity index (χ0) is 14.0. The molecule has 0 aromatic rings. The van der Waals surface area contributed by atoms with E-state index in [1.807, 2.05) is 4.90 Å². The molecule has 0 bridgehead atoms. The van der Waals surface area contributed by atoms with Gasteiger partial charge in [0.05, 0.1) is 11.8 Å². The molecule has 1 aliphatic carbocycles. The lowest BCUT2D eigenvalue weighted by Gasteiger charge is -2.27. The third-order valence-electron chi connectivity index (χ3n) is 4.80. The van der Waals surface area contributed by atoms with Crippen LogP contribution in [0.4, 0.5) is 0 Å². The van der Waals surface area contributed by atoms with E-state index in [4.69, 9.17) is 0 Å². The summed E-state index contributed by atoms with van der Waals surface area (Å²) >= 11 is 0. The van der Waals surface area contributed by atoms with Gasteiger partial charge in [-0.2, -0.15) is 0 Å². The first kappa shape index (κ1) is 14.4. The molecule has 108 valence electrons. The molecule has 0 spiro atoms. The first-order valence-corrected chi connectivity index (χ1v) is 7.42. The van der Waals surface area contributed by atoms with Gasteiger partial charge in [0.25, 0.3) is 0 Å². The first-order chi connectivity index (χ1) is 8.91. The number of hydrogen-bond donors (Lipinski definition) is 1. The Balaban J connectivity index is 2.01. The number of likely N-dealkylation sites (tertiary alicyclic amines) is 1. The second-order valence-corrected chi connectivity index (χ2v) is 6.83. The van der Waals surface area contributed by atoms with Gasteiger partial charge in [-0.15, -0.1) is 0 Å². The lowest BCUT2D eigenvalue weighted by molar-refractivity contribution is -0.149. The minimum absolute atomic E-state index is 0.0857. The minimum Gasteiger partial charge on any atom is -0.481 e. The number of carboxylic acid groups (broad SMARTS) is 1. The lowest BCUT2D eigenvalue weighted by atomic mass is 9.85. The highest BCUT2D eigenvalue weighted by molar-refractivity contribution is 5.85. The van der Waals surface area contributed by atoms with E-state index in [9.17, 15) is 14.7 Å². The summed E-state index contributed by atoms with van der Waals surface area (Å²) in [6, 6.07) is 0. The van der Waals surface area contributed by atoms with Gasteiger partial charge in [0.2, 0.25) is 5.91 Å². The molecule has 1 N–H and O–H groups in total. The monoisotopic (exact) mass is 267 g/mol. The number of carboxylic acids is 1. The van der Waals surface area contributed by atoms with Gasteiger partial charge in [-0.3, -0.25) is 9.59 Å². The van der Waals surface area contributed by atoms with Gasteiger partial charge in [0.1, 0.15) is 0 Å². The maximum Gasteiger partial charge on any atom is 0.307 e. The predicted octanol–water partition coefficient (Wildman–Crippen LogP) is 2.53. The van der Waals surface area contributed by atoms with Crippen molar-refractivity contribution in [1.82, 2.24) is 4.90 Å². The third kappa shape index (κ3) is 3.28. The lowest BCUT2D eigenvalue weighted by Crippen LogP contribution is -2.40. The Morgan fingerprint density at radius 3 is 2.42 bits per heavy atom. The fraction of sp³-hybridized carbons (Fsp3) is 0.867. The molecule has 0 unspecified atom stereocenters. The van der Waals surface area contributed by atoms with Crippen LogP contribution in [0, 0.1) is 17.3 Å². The molecule has 2 rings (SSSR count). The quantitative estimate of drug-likeness (QED) is 0.836. The summed E-state index contributed by atoms with van der Waals surface area (Å²) in [6.07, 6.45) is 5.46. The standard InChI is InChI=1S/C15H25NO3/c1-15(2)7-4-9-16(10-8-15)13(17)11-5-3-6-12(11)14(18)19/h11-12H,3-10H2,1-2H3,(H,18,19)/t11-,12+/m1/s1. The van der Waals surface area contributed by atoms with Gasteiger partial charge in [-0.05, 0) is 37.5 Å². The molecule has 2 fully saturated rings. The smallest absolute Gasteiger partial charge is 0.307 e. The SMILES string of the molecule is CC1(C)CCCN(C(=O)[C@@H]2CCC[C@@H]2C(=O)O)CC1. The molecule has 0 aromatic heterocycles. The van der Waals surface area contributed by atoms with Crippen LogP contribution in [0.3, 0.4) is 0 Å². The van der Waals surface area contributed by atoms with Crippen LogP contribution in [0.2, 0.25) is 0 Å². The van der Waals surface area contributed by atoms with Crippen LogP contribution < -0.4 is 0 Å². The Kier molecular flexibility index (Phi) is 4.16. The molecule has 2 aliphatic rings. The summed E-state index contributed by atoms with van der Waals surface area (Å²) in [5.74, 6) is -1.45. The van der Waals surface area contributed by atoms with Crippen LogP contribution in [0.1, 0.15) is 52.4 Å². The summed E-state index contributed by atoms with van der Waals surface area (Å²) in [5.41, 5.74) is 0.302. The number of amides is 1. The van der Waals surface area contributed by atoms with E-state index in [2.05, 4.69) is 13.8 Å². The van der Waals surface area contributed by atoms with Crippen molar-refractivity contribution in [3.63, 3.8) is 0 Å². The van der Waals surface area contributed by atoms with Crippen molar-refractivity contribution < 1.29 is 14.7 Å². The Morgan fingerprint density at radius 2 is 1.74 bits per heavy atom. The molecule has 1 aliphatic heterocycles. The van der Waals surface area contributed by atoms with Crippen molar-refractivity contribution in [1.29, 1.82) is 0 Å². The maximum atomic E-state index is 12.5. The molecular weight excluding hydrogens is 242 g/mol. The molecule has 0 aromatic carbocycles. The van der Waals surface area contributed by atoms with Gasteiger partial charge in [-0.1, -0.05) is 20.3 Å². The second-order valence-electron chi connectivity index (χ2n) is 6.83. The number of nitrogens with zero attached hydrogens (tertiary/aromatic N) is 1. The minimum atomic E-state index is -0.800. The van der Waals surface area contributed by atoms with Gasteiger partial charge in [-0.25, -0.2) is 0 Å². The Morgan fingerprint density at radius 1 is 1.05 bits per heavy atom. The van der Waals surface area contributed by atoms with Crippen LogP contribution in [-0.2, 0) is 9.59 Å². The number of carbonyl (C=O) groups is 2. The van der Waals surface area contributed by atoms with E-state index in [0.717, 1.165) is 45.2 Å². The summed E-state index contributed by atoms with van der Waals surface area (Å²) in [6.45, 7) is 6.08. The van der Waals surface area contributed by atoms with Crippen molar-refractivity contribution in [2.24, 2.45) is 17.3 Å². The van der Waals surface area contributed by atoms with E-state index in [1.165, 1.54) is 0 Å². The van der Waals surface area contributed by atoms with E-state index in [1.54, 1.807) is 0 Å². The zero-order valence-electron chi connectivity index (χ0n) is 12.0. The Hall–Kier alpha value is -1.06. The molecular formula is C15H25NO3. The van der Waals surface area contributed by atoms with Gasteiger partial charge < -0.3 is 10.0 Å². The molecule has 1 heterocycles.